The van der Waals surface area contributed by atoms with E-state index in [2.05, 4.69) is 30.4 Å². The van der Waals surface area contributed by atoms with Crippen LogP contribution in [-0.4, -0.2) is 90.0 Å². The van der Waals surface area contributed by atoms with Gasteiger partial charge in [-0.25, -0.2) is 4.68 Å². The van der Waals surface area contributed by atoms with E-state index >= 15 is 0 Å². The number of esters is 1. The molecule has 4 heterocycles. The first-order chi connectivity index (χ1) is 20.4. The molecule has 6 atom stereocenters. The summed E-state index contributed by atoms with van der Waals surface area (Å²) in [6.45, 7) is 10.9. The van der Waals surface area contributed by atoms with Gasteiger partial charge in [0.1, 0.15) is 18.2 Å². The van der Waals surface area contributed by atoms with Crippen LogP contribution in [0.3, 0.4) is 0 Å². The van der Waals surface area contributed by atoms with Gasteiger partial charge in [0.05, 0.1) is 28.7 Å². The van der Waals surface area contributed by atoms with Gasteiger partial charge in [-0.05, 0) is 43.7 Å². The van der Waals surface area contributed by atoms with Crippen molar-refractivity contribution in [3.63, 3.8) is 0 Å². The van der Waals surface area contributed by atoms with Crippen molar-refractivity contribution in [2.45, 2.75) is 68.2 Å². The zero-order chi connectivity index (χ0) is 29.9. The summed E-state index contributed by atoms with van der Waals surface area (Å²) in [6, 6.07) is 6.86. The molecule has 3 aliphatic rings. The third kappa shape index (κ3) is 5.25. The minimum atomic E-state index is -0.726. The number of aliphatic hydroxyl groups excluding tert-OH is 1. The van der Waals surface area contributed by atoms with E-state index in [4.69, 9.17) is 4.74 Å². The Kier molecular flexibility index (Phi) is 9.37. The summed E-state index contributed by atoms with van der Waals surface area (Å²) in [4.78, 5) is 45.8. The first-order valence-corrected chi connectivity index (χ1v) is 15.8. The Morgan fingerprint density at radius 1 is 1.21 bits per heavy atom. The number of carbonyl (C=O) groups excluding carboxylic acids is 3. The first kappa shape index (κ1) is 30.3. The van der Waals surface area contributed by atoms with E-state index in [9.17, 15) is 19.5 Å². The molecular weight excluding hydrogens is 554 g/mol. The van der Waals surface area contributed by atoms with Gasteiger partial charge in [-0.1, -0.05) is 49.3 Å². The molecule has 0 saturated carbocycles. The molecule has 3 unspecified atom stereocenters. The average molecular weight is 596 g/mol. The predicted octanol–water partition coefficient (Wildman–Crippen LogP) is 3.41. The molecule has 0 aliphatic carbocycles. The fourth-order valence-electron chi connectivity index (χ4n) is 7.12. The molecule has 5 rings (SSSR count). The van der Waals surface area contributed by atoms with E-state index in [0.29, 0.717) is 25.8 Å². The number of aliphatic hydroxyl groups is 1. The van der Waals surface area contributed by atoms with Crippen LogP contribution in [0.25, 0.3) is 11.0 Å². The van der Waals surface area contributed by atoms with Crippen molar-refractivity contribution in [2.75, 3.05) is 26.3 Å². The fraction of sp³-hybridized carbons (Fsp3) is 0.581. The topological polar surface area (TPSA) is 118 Å². The second-order valence-electron chi connectivity index (χ2n) is 11.5. The highest BCUT2D eigenvalue weighted by Crippen LogP contribution is 2.68. The Balaban J connectivity index is 1.48. The van der Waals surface area contributed by atoms with Crippen LogP contribution in [0, 0.1) is 17.8 Å². The Hall–Kier alpha value is -3.18. The van der Waals surface area contributed by atoms with Crippen molar-refractivity contribution in [3.05, 3.63) is 49.6 Å². The van der Waals surface area contributed by atoms with E-state index in [1.807, 2.05) is 24.3 Å². The van der Waals surface area contributed by atoms with Crippen molar-refractivity contribution >= 4 is 40.6 Å². The Labute approximate surface area is 251 Å². The van der Waals surface area contributed by atoms with Crippen LogP contribution in [0.15, 0.2) is 49.6 Å². The molecule has 1 aromatic carbocycles. The third-order valence-electron chi connectivity index (χ3n) is 9.01. The number of hydrogen-bond acceptors (Lipinski definition) is 8. The summed E-state index contributed by atoms with van der Waals surface area (Å²) in [5.41, 5.74) is 1.55. The summed E-state index contributed by atoms with van der Waals surface area (Å²) < 4.78 is 6.59. The number of likely N-dealkylation sites (tertiary alicyclic amines) is 1. The molecule has 226 valence electrons. The largest absolute Gasteiger partial charge is 0.465 e. The lowest BCUT2D eigenvalue weighted by molar-refractivity contribution is -0.154. The molecule has 2 amide bonds. The number of aromatic nitrogens is 3. The van der Waals surface area contributed by atoms with Gasteiger partial charge in [0, 0.05) is 24.9 Å². The minimum Gasteiger partial charge on any atom is -0.465 e. The summed E-state index contributed by atoms with van der Waals surface area (Å²) >= 11 is 1.65. The van der Waals surface area contributed by atoms with Gasteiger partial charge < -0.3 is 19.6 Å². The smallest absolute Gasteiger partial charge is 0.310 e. The molecule has 42 heavy (non-hydrogen) atoms. The number of benzene rings is 1. The number of para-hydroxylation sites is 1. The standard InChI is InChI=1S/C31H41N5O5S/c1-4-6-18-41-30(40)25-24-19-21(3)31(42-24)26(25)28(38)35(16-11-7-8-12-17-37)27(31)29(39)34(15-5-2)20-36-23-14-10-9-13-22(23)32-33-36/h4-5,9-10,13-14,21,24-27,37H,1-2,6-8,11-12,15-20H2,3H3/t21?,24-,25+,26+,27?,31?/m1/s1. The number of ether oxygens (including phenoxy) is 1. The number of thioether (sulfide) groups is 1. The van der Waals surface area contributed by atoms with Crippen LogP contribution in [0.5, 0.6) is 0 Å². The normalized spacial score (nSPS) is 27.8. The molecule has 2 bridgehead atoms. The van der Waals surface area contributed by atoms with E-state index in [1.54, 1.807) is 38.4 Å². The molecule has 1 spiro atoms. The van der Waals surface area contributed by atoms with Gasteiger partial charge >= 0.3 is 5.97 Å². The molecular formula is C31H41N5O5S. The summed E-state index contributed by atoms with van der Waals surface area (Å²) in [6.07, 6.45) is 7.78. The van der Waals surface area contributed by atoms with Gasteiger partial charge in [-0.15, -0.1) is 30.0 Å². The lowest BCUT2D eigenvalue weighted by atomic mass is 9.66. The maximum atomic E-state index is 14.7. The van der Waals surface area contributed by atoms with Crippen LogP contribution in [0.2, 0.25) is 0 Å². The highest BCUT2D eigenvalue weighted by Gasteiger charge is 2.76. The zero-order valence-electron chi connectivity index (χ0n) is 24.3. The first-order valence-electron chi connectivity index (χ1n) is 14.9. The Bertz CT molecular complexity index is 1330. The molecule has 2 aromatic rings. The second-order valence-corrected chi connectivity index (χ2v) is 13.1. The van der Waals surface area contributed by atoms with Crippen LogP contribution in [0.1, 0.15) is 45.4 Å². The SMILES string of the molecule is C=CCCOC(=O)[C@@H]1[C@H]2C(=O)N(CCCCCCO)C(C(=O)N(CC=C)Cn3nnc4ccccc43)C23S[C@@H]1CC3C. The molecule has 1 N–H and O–H groups in total. The summed E-state index contributed by atoms with van der Waals surface area (Å²) in [5, 5.41) is 17.7. The van der Waals surface area contributed by atoms with Crippen molar-refractivity contribution in [1.82, 2.24) is 24.8 Å². The third-order valence-corrected chi connectivity index (χ3v) is 11.1. The maximum Gasteiger partial charge on any atom is 0.310 e. The van der Waals surface area contributed by atoms with Crippen LogP contribution >= 0.6 is 11.8 Å². The number of amides is 2. The van der Waals surface area contributed by atoms with Gasteiger partial charge in [-0.3, -0.25) is 14.4 Å². The van der Waals surface area contributed by atoms with Crippen LogP contribution in [0.4, 0.5) is 0 Å². The second kappa shape index (κ2) is 13.0. The number of carbonyl (C=O) groups is 3. The number of fused-ring (bicyclic) bond motifs is 2. The molecule has 11 heteroatoms. The zero-order valence-corrected chi connectivity index (χ0v) is 25.1. The fourth-order valence-corrected chi connectivity index (χ4v) is 9.53. The number of hydrogen-bond donors (Lipinski definition) is 1. The number of nitrogens with zero attached hydrogens (tertiary/aromatic N) is 5. The summed E-state index contributed by atoms with van der Waals surface area (Å²) in [7, 11) is 0. The van der Waals surface area contributed by atoms with E-state index in [1.165, 1.54) is 0 Å². The predicted molar refractivity (Wildman–Crippen MR) is 161 cm³/mol. The molecule has 3 aliphatic heterocycles. The van der Waals surface area contributed by atoms with E-state index in [0.717, 1.165) is 30.3 Å². The quantitative estimate of drug-likeness (QED) is 0.189. The molecule has 0 radical (unpaired) electrons. The Morgan fingerprint density at radius 3 is 2.76 bits per heavy atom. The van der Waals surface area contributed by atoms with Gasteiger partial charge in [-0.2, -0.15) is 0 Å². The van der Waals surface area contributed by atoms with E-state index < -0.39 is 22.6 Å². The van der Waals surface area contributed by atoms with Crippen molar-refractivity contribution in [1.29, 1.82) is 0 Å². The highest BCUT2D eigenvalue weighted by molar-refractivity contribution is 8.02. The number of unbranched alkanes of at least 4 members (excludes halogenated alkanes) is 3. The highest BCUT2D eigenvalue weighted by atomic mass is 32.2. The average Bonchev–Trinajstić information content (AvgIpc) is 3.70. The van der Waals surface area contributed by atoms with Gasteiger partial charge in [0.25, 0.3) is 0 Å². The minimum absolute atomic E-state index is 0.0600. The van der Waals surface area contributed by atoms with Crippen molar-refractivity contribution in [3.8, 4) is 0 Å². The van der Waals surface area contributed by atoms with Gasteiger partial charge in [0.15, 0.2) is 0 Å². The summed E-state index contributed by atoms with van der Waals surface area (Å²) in [5.74, 6) is -1.78. The lowest BCUT2D eigenvalue weighted by Crippen LogP contribution is -2.57. The Morgan fingerprint density at radius 2 is 2.00 bits per heavy atom. The van der Waals surface area contributed by atoms with Crippen LogP contribution < -0.4 is 0 Å². The number of rotatable bonds is 15. The van der Waals surface area contributed by atoms with E-state index in [-0.39, 0.29) is 55.4 Å². The molecule has 3 fully saturated rings. The van der Waals surface area contributed by atoms with Crippen molar-refractivity contribution in [2.24, 2.45) is 17.8 Å². The molecule has 1 aromatic heterocycles. The molecule has 3 saturated heterocycles. The van der Waals surface area contributed by atoms with Gasteiger partial charge in [0.2, 0.25) is 11.8 Å². The lowest BCUT2D eigenvalue weighted by Gasteiger charge is -2.40. The monoisotopic (exact) mass is 595 g/mol. The maximum absolute atomic E-state index is 14.7. The van der Waals surface area contributed by atoms with Crippen LogP contribution in [-0.2, 0) is 25.8 Å². The van der Waals surface area contributed by atoms with Crippen molar-refractivity contribution < 1.29 is 24.2 Å². The molecule has 10 nitrogen and oxygen atoms in total.